The molecule has 1 unspecified atom stereocenters. The molecule has 5 aromatic rings. The Morgan fingerprint density at radius 2 is 1.09 bits per heavy atom. The average Bonchev–Trinajstić information content (AvgIpc) is 1.64. The first-order valence-electron chi connectivity index (χ1n) is 50.2. The van der Waals surface area contributed by atoms with Crippen LogP contribution in [0.5, 0.6) is 0 Å². The molecule has 5 aliphatic heterocycles. The Labute approximate surface area is 863 Å². The van der Waals surface area contributed by atoms with E-state index in [1.807, 2.05) is 18.2 Å². The van der Waals surface area contributed by atoms with Crippen LogP contribution in [0.2, 0.25) is 0 Å². The Hall–Kier alpha value is -14.5. The average molecular weight is 2090 g/mol. The molecule has 14 atom stereocenters. The number of aliphatic carboxylic acids is 2. The smallest absolute Gasteiger partial charge is 0.409 e. The minimum absolute atomic E-state index is 0.0153. The molecule has 3 spiro atoms. The van der Waals surface area contributed by atoms with Crippen molar-refractivity contribution in [2.75, 3.05) is 32.8 Å². The molecular formula is C103H134N18O25S2. The maximum absolute atomic E-state index is 16.2. The highest BCUT2D eigenvalue weighted by Gasteiger charge is 2.53. The molecular weight excluding hydrogens is 1950 g/mol. The molecule has 3 bridgehead atoms. The number of carboxylic acid groups (broad SMARTS) is 3. The van der Waals surface area contributed by atoms with E-state index in [2.05, 4.69) is 79.8 Å². The topological polar surface area (TPSA) is 641 Å². The highest BCUT2D eigenvalue weighted by atomic mass is 32.1. The Morgan fingerprint density at radius 1 is 0.514 bits per heavy atom. The van der Waals surface area contributed by atoms with Crippen molar-refractivity contribution in [1.82, 2.24) is 89.6 Å². The molecule has 18 amide bonds. The number of cyclic esters (lactones) is 1. The van der Waals surface area contributed by atoms with Gasteiger partial charge in [0.2, 0.25) is 100 Å². The van der Waals surface area contributed by atoms with E-state index in [0.717, 1.165) is 21.4 Å². The van der Waals surface area contributed by atoms with E-state index < -0.39 is 251 Å². The maximum Gasteiger partial charge on any atom is 0.409 e. The van der Waals surface area contributed by atoms with Gasteiger partial charge in [-0.15, -0.1) is 11.3 Å². The molecule has 11 rings (SSSR count). The zero-order valence-corrected chi connectivity index (χ0v) is 85.1. The summed E-state index contributed by atoms with van der Waals surface area (Å²) in [6, 6.07) is 4.05. The van der Waals surface area contributed by atoms with E-state index in [1.54, 1.807) is 82.9 Å². The summed E-state index contributed by atoms with van der Waals surface area (Å²) < 4.78 is 6.73. The van der Waals surface area contributed by atoms with Gasteiger partial charge in [-0.1, -0.05) is 104 Å². The van der Waals surface area contributed by atoms with Gasteiger partial charge >= 0.3 is 24.0 Å². The number of primary amides is 1. The van der Waals surface area contributed by atoms with E-state index in [1.165, 1.54) is 86.5 Å². The van der Waals surface area contributed by atoms with E-state index in [0.29, 0.717) is 48.8 Å². The number of rotatable bonds is 17. The fourth-order valence-electron chi connectivity index (χ4n) is 19.3. The number of nitrogens with one attached hydrogen (secondary N) is 15. The number of hydrogen-bond acceptors (Lipinski definition) is 24. The van der Waals surface area contributed by atoms with Crippen LogP contribution in [0, 0.1) is 5.92 Å². The van der Waals surface area contributed by atoms with Gasteiger partial charge in [-0.05, 0) is 217 Å². The number of amides is 18. The van der Waals surface area contributed by atoms with Crippen LogP contribution in [0.3, 0.4) is 0 Å². The van der Waals surface area contributed by atoms with E-state index in [-0.39, 0.29) is 153 Å². The number of ether oxygens (including phenoxy) is 1. The first kappa shape index (κ1) is 114. The normalized spacial score (nSPS) is 27.2. The minimum Gasteiger partial charge on any atom is -0.481 e. The van der Waals surface area contributed by atoms with Gasteiger partial charge in [-0.2, -0.15) is 11.3 Å². The van der Waals surface area contributed by atoms with Crippen LogP contribution in [-0.2, 0) is 122 Å². The van der Waals surface area contributed by atoms with Gasteiger partial charge in [0.05, 0.1) is 31.6 Å². The number of hydrogen-bond donors (Lipinski definition) is 19. The van der Waals surface area contributed by atoms with Gasteiger partial charge in [0.15, 0.2) is 0 Å². The molecule has 1 aliphatic carbocycles. The lowest BCUT2D eigenvalue weighted by Crippen LogP contribution is -2.67. The molecule has 148 heavy (non-hydrogen) atoms. The standard InChI is InChI=1S/C103H134N18O25S2/c1-60(83(104)128)106-85(130)71-37-38-79(123)105-45-24-20-35-70-91(136)118-102(97(143)113-73(53-65-39-49-147-57-65)87(132)112-75(88(133)109-71)54-68-58-148-78-36-19-18-34-69(68)78)44-47-120(59-102)99(145)146-48-25-11-7-6-8-21-40-101(41-22-9-10-23-42-103(43-27-46-121(103)62(3)122)98(144)115-77(56-81(126)127)90(135)116-82(93(138)119-101)66-31-16-13-17-32-66)96(142)114-76(55-80(124)125)89(134)111-74(52-64-30-26-33-67(50-64)94(139)140)92(137)117-100(4,5)95(141)107-61(2)84(129)110-72(86(131)108-70)51-63-28-14-12-15-29-63/h6-7,10,12,14-15,18-19,23,26,28-30,33-34,36,39,49-50,57-58,60-61,66,70-77,82H,8-9,11,13,16-17,20-22,24-25,27,31-32,35,37-38,40-48,51-56,59H2,1-5H3,(H2,104,128)(H,105,123)(H,106,130)(H,107,141)(H,108,131)(H,109,133)(H,110,129)(H,111,134)(H,112,132)(H,113,143)(H,114,142)(H,115,144)(H,116,135)(H,117,137)(H,118,136)(H,119,138)(H,124,125)(H,126,127)(H,139,140)/b7-6+,23-10+/t60-,61-,70-,71-,72-,73-,74-,75-,76-,77-,82-,101?,102-,103-/m0/s1. The van der Waals surface area contributed by atoms with E-state index in [9.17, 15) is 72.9 Å². The Morgan fingerprint density at radius 3 is 1.77 bits per heavy atom. The number of carbonyl (C=O) groups excluding carboxylic acids is 18. The van der Waals surface area contributed by atoms with Gasteiger partial charge in [0.1, 0.15) is 88.6 Å². The summed E-state index contributed by atoms with van der Waals surface area (Å²) in [5.74, 6) is -21.8. The molecule has 6 aliphatic rings. The van der Waals surface area contributed by atoms with Crippen molar-refractivity contribution in [1.29, 1.82) is 0 Å². The summed E-state index contributed by atoms with van der Waals surface area (Å²) in [6.07, 6.45) is 3.81. The number of nitrogens with two attached hydrogens (primary N) is 1. The summed E-state index contributed by atoms with van der Waals surface area (Å²) in [5.41, 5.74) is -1.18. The molecule has 45 heteroatoms. The number of thiophene rings is 2. The number of nitrogens with zero attached hydrogens (tertiary/aromatic N) is 2. The summed E-state index contributed by atoms with van der Waals surface area (Å²) in [6.45, 7) is 5.10. The molecule has 4 fully saturated rings. The number of carbonyl (C=O) groups is 21. The van der Waals surface area contributed by atoms with Crippen LogP contribution < -0.4 is 85.5 Å². The Kier molecular flexibility index (Phi) is 40.9. The molecule has 2 aromatic heterocycles. The Balaban J connectivity index is 0.975. The minimum atomic E-state index is -2.22. The number of likely N-dealkylation sites (tertiary alicyclic amines) is 1. The molecule has 798 valence electrons. The number of benzene rings is 3. The maximum atomic E-state index is 16.2. The number of allylic oxidation sites excluding steroid dienone is 3. The molecule has 43 nitrogen and oxygen atoms in total. The fraction of sp³-hybridized carbons (Fsp3) is 0.524. The largest absolute Gasteiger partial charge is 0.481 e. The van der Waals surface area contributed by atoms with Crippen molar-refractivity contribution in [3.8, 4) is 0 Å². The second-order valence-electron chi connectivity index (χ2n) is 39.3. The van der Waals surface area contributed by atoms with E-state index >= 15 is 43.2 Å². The predicted octanol–water partition coefficient (Wildman–Crippen LogP) is 2.88. The van der Waals surface area contributed by atoms with Crippen LogP contribution in [0.15, 0.2) is 125 Å². The summed E-state index contributed by atoms with van der Waals surface area (Å²) in [5, 5.41) is 77.6. The van der Waals surface area contributed by atoms with Crippen molar-refractivity contribution in [3.63, 3.8) is 0 Å². The number of fused-ring (bicyclic) bond motifs is 4. The second kappa shape index (κ2) is 53.2. The molecule has 3 aromatic carbocycles. The van der Waals surface area contributed by atoms with Gasteiger partial charge in [-0.25, -0.2) is 9.59 Å². The number of aromatic carboxylic acids is 1. The Bertz CT molecular complexity index is 5770. The predicted molar refractivity (Wildman–Crippen MR) is 540 cm³/mol. The summed E-state index contributed by atoms with van der Waals surface area (Å²) in [7, 11) is 0. The molecule has 7 heterocycles. The van der Waals surface area contributed by atoms with Crippen LogP contribution in [0.1, 0.15) is 221 Å². The summed E-state index contributed by atoms with van der Waals surface area (Å²) >= 11 is 2.61. The lowest BCUT2D eigenvalue weighted by molar-refractivity contribution is -0.147. The first-order chi connectivity index (χ1) is 70.5. The van der Waals surface area contributed by atoms with Gasteiger partial charge < -0.3 is 115 Å². The van der Waals surface area contributed by atoms with Crippen LogP contribution in [0.4, 0.5) is 4.79 Å². The van der Waals surface area contributed by atoms with Crippen LogP contribution in [-0.4, -0.2) is 271 Å². The SMILES string of the molecule is CC(=O)N1CCC[C@]12C/C=C/CCCC1(CCC/C=C/CCCOC(=O)N3CC[C@@]4(C3)NC(=O)[C@H](CCCCNC(=O)CC[C@@H](C(=O)N[C@@H](C)C(N)=O)NC(=O)[C@H](Cc3csc5ccccc35)NC(=O)[C@H](Cc3ccsc3)NC4=O)NC(=O)[C@H](Cc3ccccc3)NC(=O)[C@H](C)NC(=O)C(C)(C)NC(=O)[C@H](Cc3cccc(C(=O)O)c3)NC(=O)[C@H](CC(=O)O)NC1=O)NC(=O)[C@H](C1CCCCC1)NC(=O)[C@H](CC(=O)O)NC2=O. The van der Waals surface area contributed by atoms with Gasteiger partial charge in [0.25, 0.3) is 0 Å². The summed E-state index contributed by atoms with van der Waals surface area (Å²) in [4.78, 5) is 310. The lowest BCUT2D eigenvalue weighted by atomic mass is 9.81. The first-order valence-corrected chi connectivity index (χ1v) is 52.0. The highest BCUT2D eigenvalue weighted by molar-refractivity contribution is 7.17. The third-order valence-electron chi connectivity index (χ3n) is 27.7. The molecule has 3 saturated heterocycles. The second-order valence-corrected chi connectivity index (χ2v) is 41.0. The molecule has 0 radical (unpaired) electrons. The number of carboxylic acids is 3. The van der Waals surface area contributed by atoms with E-state index in [4.69, 9.17) is 10.5 Å². The quantitative estimate of drug-likeness (QED) is 0.0595. The van der Waals surface area contributed by atoms with Crippen molar-refractivity contribution >= 4 is 157 Å². The lowest BCUT2D eigenvalue weighted by Gasteiger charge is -2.39. The van der Waals surface area contributed by atoms with Crippen molar-refractivity contribution in [3.05, 3.63) is 153 Å². The fourth-order valence-corrected chi connectivity index (χ4v) is 21.0. The van der Waals surface area contributed by atoms with Crippen molar-refractivity contribution < 1.29 is 121 Å². The van der Waals surface area contributed by atoms with Crippen LogP contribution in [0.25, 0.3) is 10.1 Å². The van der Waals surface area contributed by atoms with Gasteiger partial charge in [-0.3, -0.25) is 91.1 Å². The van der Waals surface area contributed by atoms with Gasteiger partial charge in [0, 0.05) is 63.4 Å². The highest BCUT2D eigenvalue weighted by Crippen LogP contribution is 2.37. The third-order valence-corrected chi connectivity index (χ3v) is 29.5. The zero-order valence-electron chi connectivity index (χ0n) is 83.5. The van der Waals surface area contributed by atoms with Crippen molar-refractivity contribution in [2.24, 2.45) is 11.7 Å². The molecule has 1 saturated carbocycles. The van der Waals surface area contributed by atoms with Crippen LogP contribution >= 0.6 is 22.7 Å². The zero-order chi connectivity index (χ0) is 107. The van der Waals surface area contributed by atoms with Crippen molar-refractivity contribution in [2.45, 2.75) is 303 Å². The third kappa shape index (κ3) is 31.5. The monoisotopic (exact) mass is 2090 g/mol. The molecule has 20 N–H and O–H groups in total.